The van der Waals surface area contributed by atoms with Crippen molar-refractivity contribution in [2.24, 2.45) is 0 Å². The number of rotatable bonds is 12. The highest BCUT2D eigenvalue weighted by molar-refractivity contribution is 7.03. The number of hydrogen-bond acceptors (Lipinski definition) is 4. The summed E-state index contributed by atoms with van der Waals surface area (Å²) in [5.74, 6) is 0. The fraction of sp³-hybridized carbons (Fsp3) is 0.105. The van der Waals surface area contributed by atoms with E-state index in [1.54, 1.807) is 0 Å². The summed E-state index contributed by atoms with van der Waals surface area (Å²) in [5, 5.41) is 0. The smallest absolute Gasteiger partial charge is 0.252 e. The van der Waals surface area contributed by atoms with Gasteiger partial charge < -0.3 is 19.6 Å². The van der Waals surface area contributed by atoms with Gasteiger partial charge >= 0.3 is 0 Å². The lowest BCUT2D eigenvalue weighted by Crippen LogP contribution is -2.65. The maximum absolute atomic E-state index is 2.75. The summed E-state index contributed by atoms with van der Waals surface area (Å²) >= 11 is 0. The molecule has 4 aliphatic heterocycles. The predicted molar refractivity (Wildman–Crippen MR) is 515 cm³/mol. The van der Waals surface area contributed by atoms with E-state index in [-0.39, 0.29) is 13.4 Å². The molecule has 0 bridgehead atoms. The highest BCUT2D eigenvalue weighted by atomic mass is 15.2. The number of fused-ring (bicyclic) bond motifs is 8. The van der Waals surface area contributed by atoms with Gasteiger partial charge in [-0.1, -0.05) is 261 Å². The van der Waals surface area contributed by atoms with Gasteiger partial charge in [0.25, 0.3) is 13.4 Å². The van der Waals surface area contributed by atoms with Crippen molar-refractivity contribution in [1.29, 1.82) is 0 Å². The van der Waals surface area contributed by atoms with Crippen LogP contribution in [0.5, 0.6) is 0 Å². The molecule has 0 aromatic heterocycles. The molecule has 4 heterocycles. The second kappa shape index (κ2) is 29.0. The normalized spacial score (nSPS) is 12.7. The molecule has 4 nitrogen and oxygen atoms in total. The van der Waals surface area contributed by atoms with Gasteiger partial charge in [-0.3, -0.25) is 0 Å². The Morgan fingerprint density at radius 3 is 0.767 bits per heavy atom. The van der Waals surface area contributed by atoms with E-state index in [2.05, 4.69) is 442 Å². The zero-order valence-electron chi connectivity index (χ0n) is 70.3. The van der Waals surface area contributed by atoms with Gasteiger partial charge in [0.05, 0.1) is 5.69 Å². The van der Waals surface area contributed by atoms with Crippen LogP contribution >= 0.6 is 0 Å². The van der Waals surface area contributed by atoms with Crippen LogP contribution in [0.4, 0.5) is 68.2 Å². The summed E-state index contributed by atoms with van der Waals surface area (Å²) in [6, 6.07) is 131. The Morgan fingerprint density at radius 2 is 0.417 bits per heavy atom. The lowest BCUT2D eigenvalue weighted by molar-refractivity contribution is 1.23. The van der Waals surface area contributed by atoms with E-state index >= 15 is 0 Å². The van der Waals surface area contributed by atoms with Gasteiger partial charge in [-0.05, 0) is 339 Å². The maximum atomic E-state index is 2.75. The number of hydrogen-bond donors (Lipinski definition) is 0. The standard InChI is InChI=1S/C114H92B2N4/c1-69-31-22-32-70(2)106(69)83-47-28-51-90(59-83)118-98-61-85(108-73(5)35-24-36-74(108)6)55-57-94(98)115-96-67-97-101(68-100(96)117(89-49-20-15-21-50-89)102-63-87(64-103(118)112(102)115)110-77(9)39-26-40-78(110)10)120(114-92(81-43-16-13-17-44-81)53-30-54-93(114)82-45-18-14-19-46-82)105-66-88(111-79(11)41-27-42-80(111)12)65-104-113(105)116(97)95-58-56-86(109-75(7)37-25-38-76(109)8)62-99(95)119(104)91-52-29-48-84(60-91)107-71(3)33-23-34-72(107)4/h13-68H,1-12H3. The van der Waals surface area contributed by atoms with E-state index < -0.39 is 0 Å². The van der Waals surface area contributed by atoms with Crippen molar-refractivity contribution in [3.8, 4) is 89.0 Å². The molecular weight excluding hydrogens is 1450 g/mol. The van der Waals surface area contributed by atoms with Gasteiger partial charge in [0.2, 0.25) is 0 Å². The van der Waals surface area contributed by atoms with E-state index in [4.69, 9.17) is 0 Å². The molecule has 0 saturated heterocycles. The van der Waals surface area contributed by atoms with Crippen LogP contribution in [-0.2, 0) is 0 Å². The molecule has 120 heavy (non-hydrogen) atoms. The average Bonchev–Trinajstić information content (AvgIpc) is 0.678. The monoisotopic (exact) mass is 1540 g/mol. The maximum Gasteiger partial charge on any atom is 0.252 e. The molecule has 4 aliphatic rings. The van der Waals surface area contributed by atoms with Crippen LogP contribution in [0.2, 0.25) is 0 Å². The molecule has 0 atom stereocenters. The Labute approximate surface area is 707 Å². The van der Waals surface area contributed by atoms with Crippen LogP contribution in [0.25, 0.3) is 89.0 Å². The fourth-order valence-electron chi connectivity index (χ4n) is 21.4. The second-order valence-electron chi connectivity index (χ2n) is 34.1. The molecule has 0 saturated carbocycles. The van der Waals surface area contributed by atoms with Crippen molar-refractivity contribution >= 4 is 114 Å². The minimum atomic E-state index is -0.307. The first-order chi connectivity index (χ1) is 58.5. The zero-order chi connectivity index (χ0) is 81.6. The van der Waals surface area contributed by atoms with Crippen molar-refractivity contribution in [1.82, 2.24) is 0 Å². The number of para-hydroxylation sites is 2. The highest BCUT2D eigenvalue weighted by Crippen LogP contribution is 2.56. The summed E-state index contributed by atoms with van der Waals surface area (Å²) in [4.78, 5) is 10.7. The molecule has 17 aromatic carbocycles. The van der Waals surface area contributed by atoms with Crippen LogP contribution in [0.15, 0.2) is 340 Å². The Morgan fingerprint density at radius 1 is 0.167 bits per heavy atom. The molecule has 0 unspecified atom stereocenters. The predicted octanol–water partition coefficient (Wildman–Crippen LogP) is 26.9. The van der Waals surface area contributed by atoms with Crippen LogP contribution in [0.1, 0.15) is 66.8 Å². The summed E-state index contributed by atoms with van der Waals surface area (Å²) in [5.41, 5.74) is 55.0. The third-order valence-electron chi connectivity index (χ3n) is 26.5. The first-order valence-electron chi connectivity index (χ1n) is 42.4. The van der Waals surface area contributed by atoms with Crippen molar-refractivity contribution in [2.75, 3.05) is 19.6 Å². The van der Waals surface area contributed by atoms with E-state index in [1.165, 1.54) is 161 Å². The third kappa shape index (κ3) is 11.8. The van der Waals surface area contributed by atoms with E-state index in [0.717, 1.165) is 96.1 Å². The van der Waals surface area contributed by atoms with Gasteiger partial charge in [0.15, 0.2) is 0 Å². The van der Waals surface area contributed by atoms with Crippen molar-refractivity contribution in [3.05, 3.63) is 406 Å². The zero-order valence-corrected chi connectivity index (χ0v) is 70.3. The van der Waals surface area contributed by atoms with Gasteiger partial charge in [0.1, 0.15) is 0 Å². The van der Waals surface area contributed by atoms with Crippen LogP contribution in [0.3, 0.4) is 0 Å². The minimum Gasteiger partial charge on any atom is -0.311 e. The molecule has 0 fully saturated rings. The Balaban J connectivity index is 0.942. The Kier molecular flexibility index (Phi) is 17.8. The summed E-state index contributed by atoms with van der Waals surface area (Å²) in [6.45, 7) is 26.8. The number of nitrogens with zero attached hydrogens (tertiary/aromatic N) is 4. The minimum absolute atomic E-state index is 0.279. The average molecular weight is 1540 g/mol. The molecule has 574 valence electrons. The van der Waals surface area contributed by atoms with Gasteiger partial charge in [-0.2, -0.15) is 0 Å². The van der Waals surface area contributed by atoms with Crippen LogP contribution < -0.4 is 52.4 Å². The van der Waals surface area contributed by atoms with Crippen LogP contribution in [0, 0.1) is 83.1 Å². The topological polar surface area (TPSA) is 13.0 Å². The van der Waals surface area contributed by atoms with Crippen LogP contribution in [-0.4, -0.2) is 13.4 Å². The first-order valence-corrected chi connectivity index (χ1v) is 42.4. The largest absolute Gasteiger partial charge is 0.311 e. The van der Waals surface area contributed by atoms with Crippen molar-refractivity contribution in [3.63, 3.8) is 0 Å². The van der Waals surface area contributed by atoms with E-state index in [9.17, 15) is 0 Å². The van der Waals surface area contributed by atoms with Gasteiger partial charge in [-0.15, -0.1) is 0 Å². The third-order valence-corrected chi connectivity index (χ3v) is 26.5. The number of anilines is 12. The van der Waals surface area contributed by atoms with Crippen molar-refractivity contribution in [2.45, 2.75) is 83.1 Å². The SMILES string of the molecule is Cc1cccc(C)c1-c1cccc(N2c3cc(-c4c(C)cccc4C)ccc3B3c4cc5c(cc4N(c4ccccc4)c4cc(-c6c(C)cccc6C)cc2c43)N(c2c(-c3ccccc3)cccc2-c2ccccc2)c2cc(-c3c(C)cccc3C)cc3c2B5c2ccc(-c4c(C)cccc4C)cc2N3c2cccc(-c3c(C)cccc3C)c2)c1. The Hall–Kier alpha value is -13.9. The fourth-order valence-corrected chi connectivity index (χ4v) is 21.4. The Bertz CT molecular complexity index is 6920. The molecule has 21 rings (SSSR count). The molecule has 17 aromatic rings. The second-order valence-corrected chi connectivity index (χ2v) is 34.1. The lowest BCUT2D eigenvalue weighted by Gasteiger charge is -2.48. The van der Waals surface area contributed by atoms with E-state index in [0.29, 0.717) is 0 Å². The summed E-state index contributed by atoms with van der Waals surface area (Å²) in [6.07, 6.45) is 0. The summed E-state index contributed by atoms with van der Waals surface area (Å²) in [7, 11) is 0. The van der Waals surface area contributed by atoms with Crippen molar-refractivity contribution < 1.29 is 0 Å². The van der Waals surface area contributed by atoms with Gasteiger partial charge in [-0.25, -0.2) is 0 Å². The molecule has 0 aliphatic carbocycles. The van der Waals surface area contributed by atoms with Gasteiger partial charge in [0, 0.05) is 73.7 Å². The number of aryl methyl sites for hydroxylation is 12. The van der Waals surface area contributed by atoms with E-state index in [1.807, 2.05) is 0 Å². The molecule has 0 amide bonds. The molecule has 0 N–H and O–H groups in total. The lowest BCUT2D eigenvalue weighted by atomic mass is 9.30. The molecule has 0 radical (unpaired) electrons. The number of benzene rings is 17. The molecule has 0 spiro atoms. The quantitative estimate of drug-likeness (QED) is 0.113. The summed E-state index contributed by atoms with van der Waals surface area (Å²) < 4.78 is 0. The highest BCUT2D eigenvalue weighted by Gasteiger charge is 2.50. The molecule has 6 heteroatoms. The first kappa shape index (κ1) is 73.7. The molecular formula is C114H92B2N4.